The minimum atomic E-state index is -0.888. The van der Waals surface area contributed by atoms with Gasteiger partial charge in [-0.3, -0.25) is 0 Å². The molecule has 0 fully saturated rings. The second kappa shape index (κ2) is 13.8. The van der Waals surface area contributed by atoms with Crippen molar-refractivity contribution in [1.29, 1.82) is 0 Å². The van der Waals surface area contributed by atoms with Gasteiger partial charge in [-0.1, -0.05) is 51.5 Å². The van der Waals surface area contributed by atoms with E-state index in [9.17, 15) is 19.8 Å². The Bertz CT molecular complexity index is 880. The number of unbranched alkanes of at least 4 members (excludes halogenated alkanes) is 1. The number of carbonyl (C=O) groups is 2. The average molecular weight is 505 g/mol. The van der Waals surface area contributed by atoms with Crippen LogP contribution in [0.2, 0.25) is 0 Å². The van der Waals surface area contributed by atoms with Gasteiger partial charge in [0, 0.05) is 9.79 Å². The van der Waals surface area contributed by atoms with Gasteiger partial charge in [0.25, 0.3) is 0 Å². The third-order valence-corrected chi connectivity index (χ3v) is 8.92. The summed E-state index contributed by atoms with van der Waals surface area (Å²) < 4.78 is 0.884. The smallest absolute Gasteiger partial charge is 0.336 e. The lowest BCUT2D eigenvalue weighted by molar-refractivity contribution is -0.908. The monoisotopic (exact) mass is 504 g/mol. The van der Waals surface area contributed by atoms with E-state index in [0.29, 0.717) is 11.1 Å². The molecule has 0 radical (unpaired) electrons. The fourth-order valence-electron chi connectivity index (χ4n) is 4.13. The van der Waals surface area contributed by atoms with Gasteiger partial charge in [-0.05, 0) is 43.5 Å². The lowest BCUT2D eigenvalue weighted by Gasteiger charge is -2.39. The second-order valence-corrected chi connectivity index (χ2v) is 11.6. The Kier molecular flexibility index (Phi) is 11.5. The van der Waals surface area contributed by atoms with Crippen molar-refractivity contribution in [3.05, 3.63) is 59.7 Å². The summed E-state index contributed by atoms with van der Waals surface area (Å²) in [5.41, 5.74) is 0.724. The van der Waals surface area contributed by atoms with Crippen molar-refractivity contribution in [1.82, 2.24) is 0 Å². The van der Waals surface area contributed by atoms with Crippen LogP contribution in [0.4, 0.5) is 0 Å². The van der Waals surface area contributed by atoms with Crippen LogP contribution >= 0.6 is 23.5 Å². The van der Waals surface area contributed by atoms with Crippen LogP contribution < -0.4 is 0 Å². The summed E-state index contributed by atoms with van der Waals surface area (Å²) in [6, 6.07) is 14.5. The van der Waals surface area contributed by atoms with Gasteiger partial charge in [0.2, 0.25) is 0 Å². The zero-order chi connectivity index (χ0) is 25.1. The summed E-state index contributed by atoms with van der Waals surface area (Å²) in [6.07, 6.45) is 4.14. The van der Waals surface area contributed by atoms with Crippen molar-refractivity contribution < 1.29 is 24.3 Å². The summed E-state index contributed by atoms with van der Waals surface area (Å²) in [5, 5.41) is 19.8. The standard InChI is InChI=1S/C27H37NO4S2/c1-5-8-17-28(4,18-20(6-2)33-24-15-11-9-13-22(24)26(29)30)19-21(7-3)34-25-16-12-10-14-23(25)27(31)32/h9-16,20-21H,5-8,17-19H2,1-4H3,(H-,29,30,31,32)/p+1. The Labute approximate surface area is 212 Å². The van der Waals surface area contributed by atoms with Gasteiger partial charge in [-0.15, -0.1) is 23.5 Å². The molecule has 0 aromatic heterocycles. The minimum absolute atomic E-state index is 0.288. The normalized spacial score (nSPS) is 14.8. The number of carboxylic acid groups (broad SMARTS) is 2. The quantitative estimate of drug-likeness (QED) is 0.206. The van der Waals surface area contributed by atoms with Crippen LogP contribution in [0.15, 0.2) is 58.3 Å². The molecule has 2 unspecified atom stereocenters. The molecule has 2 aromatic rings. The Morgan fingerprint density at radius 1 is 0.794 bits per heavy atom. The molecule has 34 heavy (non-hydrogen) atoms. The third kappa shape index (κ3) is 8.36. The van der Waals surface area contributed by atoms with Crippen LogP contribution in [0.25, 0.3) is 0 Å². The molecular formula is C27H38NO4S2+. The van der Waals surface area contributed by atoms with E-state index in [0.717, 1.165) is 59.6 Å². The molecule has 2 atom stereocenters. The summed E-state index contributed by atoms with van der Waals surface area (Å²) >= 11 is 3.34. The first kappa shape index (κ1) is 28.3. The summed E-state index contributed by atoms with van der Waals surface area (Å²) in [7, 11) is 2.30. The molecule has 0 aliphatic carbocycles. The molecule has 2 aromatic carbocycles. The zero-order valence-corrected chi connectivity index (χ0v) is 22.3. The van der Waals surface area contributed by atoms with E-state index in [4.69, 9.17) is 0 Å². The van der Waals surface area contributed by atoms with Gasteiger partial charge in [-0.2, -0.15) is 0 Å². The number of benzene rings is 2. The maximum atomic E-state index is 11.7. The fraction of sp³-hybridized carbons (Fsp3) is 0.481. The molecule has 186 valence electrons. The van der Waals surface area contributed by atoms with E-state index < -0.39 is 11.9 Å². The number of thioether (sulfide) groups is 2. The van der Waals surface area contributed by atoms with Crippen molar-refractivity contribution in [2.75, 3.05) is 26.7 Å². The largest absolute Gasteiger partial charge is 0.478 e. The van der Waals surface area contributed by atoms with Gasteiger partial charge in [0.05, 0.1) is 48.3 Å². The zero-order valence-electron chi connectivity index (χ0n) is 20.7. The van der Waals surface area contributed by atoms with Gasteiger partial charge in [0.15, 0.2) is 0 Å². The van der Waals surface area contributed by atoms with E-state index in [1.54, 1.807) is 47.8 Å². The van der Waals surface area contributed by atoms with E-state index >= 15 is 0 Å². The maximum absolute atomic E-state index is 11.7. The molecule has 0 amide bonds. The van der Waals surface area contributed by atoms with Crippen LogP contribution in [0.5, 0.6) is 0 Å². The fourth-order valence-corrected chi connectivity index (χ4v) is 6.93. The van der Waals surface area contributed by atoms with E-state index in [2.05, 4.69) is 27.8 Å². The molecule has 5 nitrogen and oxygen atoms in total. The summed E-state index contributed by atoms with van der Waals surface area (Å²) in [4.78, 5) is 25.0. The molecule has 2 N–H and O–H groups in total. The SMILES string of the molecule is CCCC[N+](C)(CC(CC)Sc1ccccc1C(=O)O)CC(CC)Sc1ccccc1C(=O)O. The second-order valence-electron chi connectivity index (χ2n) is 8.96. The van der Waals surface area contributed by atoms with Crippen LogP contribution in [-0.4, -0.2) is 63.8 Å². The van der Waals surface area contributed by atoms with Crippen molar-refractivity contribution in [3.63, 3.8) is 0 Å². The number of carboxylic acids is 2. The molecule has 7 heteroatoms. The first-order valence-electron chi connectivity index (χ1n) is 12.0. The number of nitrogens with zero attached hydrogens (tertiary/aromatic N) is 1. The number of rotatable bonds is 15. The van der Waals surface area contributed by atoms with Gasteiger partial charge < -0.3 is 14.7 Å². The topological polar surface area (TPSA) is 74.6 Å². The van der Waals surface area contributed by atoms with E-state index in [1.807, 2.05) is 24.3 Å². The Balaban J connectivity index is 2.22. The Morgan fingerprint density at radius 3 is 1.56 bits per heavy atom. The molecule has 2 rings (SSSR count). The first-order valence-corrected chi connectivity index (χ1v) is 13.8. The lowest BCUT2D eigenvalue weighted by atomic mass is 10.2. The van der Waals surface area contributed by atoms with Crippen LogP contribution in [0.1, 0.15) is 67.2 Å². The van der Waals surface area contributed by atoms with Crippen LogP contribution in [0, 0.1) is 0 Å². The first-order chi connectivity index (χ1) is 16.2. The van der Waals surface area contributed by atoms with Crippen molar-refractivity contribution in [3.8, 4) is 0 Å². The number of hydrogen-bond acceptors (Lipinski definition) is 4. The molecule has 0 saturated heterocycles. The Hall–Kier alpha value is -1.96. The highest BCUT2D eigenvalue weighted by atomic mass is 32.2. The van der Waals surface area contributed by atoms with E-state index in [-0.39, 0.29) is 10.5 Å². The lowest BCUT2D eigenvalue weighted by Crippen LogP contribution is -2.52. The van der Waals surface area contributed by atoms with Crippen molar-refractivity contribution >= 4 is 35.5 Å². The van der Waals surface area contributed by atoms with E-state index in [1.165, 1.54) is 0 Å². The predicted octanol–water partition coefficient (Wildman–Crippen LogP) is 6.77. The highest BCUT2D eigenvalue weighted by Gasteiger charge is 2.30. The molecule has 0 aliphatic heterocycles. The molecule has 0 spiro atoms. The van der Waals surface area contributed by atoms with Crippen LogP contribution in [-0.2, 0) is 0 Å². The molecule has 0 bridgehead atoms. The predicted molar refractivity (Wildman–Crippen MR) is 142 cm³/mol. The third-order valence-electron chi connectivity index (χ3n) is 6.07. The number of hydrogen-bond donors (Lipinski definition) is 2. The van der Waals surface area contributed by atoms with Gasteiger partial charge in [-0.25, -0.2) is 9.59 Å². The van der Waals surface area contributed by atoms with Crippen molar-refractivity contribution in [2.24, 2.45) is 0 Å². The average Bonchev–Trinajstić information content (AvgIpc) is 2.82. The van der Waals surface area contributed by atoms with Gasteiger partial charge in [0.1, 0.15) is 0 Å². The molecule has 0 saturated carbocycles. The van der Waals surface area contributed by atoms with Crippen molar-refractivity contribution in [2.45, 2.75) is 66.7 Å². The summed E-state index contributed by atoms with van der Waals surface area (Å²) in [5.74, 6) is -1.78. The molecular weight excluding hydrogens is 466 g/mol. The minimum Gasteiger partial charge on any atom is -0.478 e. The molecule has 0 aliphatic rings. The summed E-state index contributed by atoms with van der Waals surface area (Å²) in [6.45, 7) is 9.46. The highest BCUT2D eigenvalue weighted by molar-refractivity contribution is 8.00. The maximum Gasteiger partial charge on any atom is 0.336 e. The number of quaternary nitrogens is 1. The highest BCUT2D eigenvalue weighted by Crippen LogP contribution is 2.33. The van der Waals surface area contributed by atoms with Crippen LogP contribution in [0.3, 0.4) is 0 Å². The number of aromatic carboxylic acids is 2. The Morgan fingerprint density at radius 2 is 1.21 bits per heavy atom. The molecule has 0 heterocycles. The van der Waals surface area contributed by atoms with Gasteiger partial charge >= 0.3 is 11.9 Å².